The van der Waals surface area contributed by atoms with E-state index >= 15 is 0 Å². The number of furan rings is 1. The molecular formula is C21H18F2N2O4S. The van der Waals surface area contributed by atoms with E-state index in [1.807, 2.05) is 30.3 Å². The monoisotopic (exact) mass is 432 g/mol. The summed E-state index contributed by atoms with van der Waals surface area (Å²) >= 11 is 0. The molecule has 1 saturated heterocycles. The molecule has 1 aliphatic heterocycles. The molecule has 0 radical (unpaired) electrons. The van der Waals surface area contributed by atoms with E-state index in [0.29, 0.717) is 11.3 Å². The van der Waals surface area contributed by atoms with Crippen molar-refractivity contribution in [3.8, 4) is 0 Å². The lowest BCUT2D eigenvalue weighted by Gasteiger charge is -2.33. The molecule has 2 aromatic carbocycles. The third-order valence-electron chi connectivity index (χ3n) is 4.90. The fraction of sp³-hybridized carbons (Fsp3) is 0.190. The number of amides is 1. The zero-order chi connectivity index (χ0) is 21.3. The smallest absolute Gasteiger partial charge is 0.249 e. The van der Waals surface area contributed by atoms with Crippen molar-refractivity contribution in [1.82, 2.24) is 9.21 Å². The first-order valence-electron chi connectivity index (χ1n) is 9.26. The molecule has 2 heterocycles. The third-order valence-corrected chi connectivity index (χ3v) is 6.85. The van der Waals surface area contributed by atoms with Crippen LogP contribution in [0.5, 0.6) is 0 Å². The molecule has 30 heavy (non-hydrogen) atoms. The molecule has 0 saturated carbocycles. The third kappa shape index (κ3) is 3.86. The van der Waals surface area contributed by atoms with Gasteiger partial charge in [-0.3, -0.25) is 4.79 Å². The summed E-state index contributed by atoms with van der Waals surface area (Å²) in [6.07, 6.45) is 2.92. The van der Waals surface area contributed by atoms with Crippen molar-refractivity contribution >= 4 is 33.0 Å². The summed E-state index contributed by atoms with van der Waals surface area (Å²) in [5.41, 5.74) is 0.712. The molecule has 6 nitrogen and oxygen atoms in total. The zero-order valence-corrected chi connectivity index (χ0v) is 16.6. The minimum atomic E-state index is -4.33. The van der Waals surface area contributed by atoms with Crippen LogP contribution in [0.25, 0.3) is 17.0 Å². The van der Waals surface area contributed by atoms with Gasteiger partial charge < -0.3 is 9.32 Å². The van der Waals surface area contributed by atoms with Gasteiger partial charge in [-0.2, -0.15) is 4.31 Å². The maximum atomic E-state index is 13.9. The van der Waals surface area contributed by atoms with Crippen molar-refractivity contribution in [1.29, 1.82) is 0 Å². The van der Waals surface area contributed by atoms with Gasteiger partial charge in [0.05, 0.1) is 0 Å². The normalized spacial score (nSPS) is 15.9. The summed E-state index contributed by atoms with van der Waals surface area (Å²) in [6, 6.07) is 12.2. The Hall–Kier alpha value is -3.04. The van der Waals surface area contributed by atoms with E-state index in [9.17, 15) is 22.0 Å². The van der Waals surface area contributed by atoms with Crippen LogP contribution in [-0.2, 0) is 14.8 Å². The van der Waals surface area contributed by atoms with Crippen molar-refractivity contribution in [2.45, 2.75) is 4.90 Å². The number of carbonyl (C=O) groups excluding carboxylic acids is 1. The zero-order valence-electron chi connectivity index (χ0n) is 15.8. The van der Waals surface area contributed by atoms with Crippen molar-refractivity contribution in [2.75, 3.05) is 26.2 Å². The van der Waals surface area contributed by atoms with E-state index in [4.69, 9.17) is 4.42 Å². The molecule has 4 rings (SSSR count). The van der Waals surface area contributed by atoms with Crippen molar-refractivity contribution in [3.05, 3.63) is 72.0 Å². The van der Waals surface area contributed by atoms with Crippen molar-refractivity contribution in [3.63, 3.8) is 0 Å². The molecule has 0 N–H and O–H groups in total. The first-order valence-corrected chi connectivity index (χ1v) is 10.7. The van der Waals surface area contributed by atoms with Crippen LogP contribution in [-0.4, -0.2) is 49.7 Å². The summed E-state index contributed by atoms with van der Waals surface area (Å²) < 4.78 is 59.7. The molecule has 1 aliphatic rings. The van der Waals surface area contributed by atoms with Gasteiger partial charge in [-0.05, 0) is 30.3 Å². The predicted octanol–water partition coefficient (Wildman–Crippen LogP) is 3.26. The van der Waals surface area contributed by atoms with Gasteiger partial charge in [0, 0.05) is 37.6 Å². The first kappa shape index (κ1) is 20.2. The molecule has 3 aromatic rings. The van der Waals surface area contributed by atoms with Crippen LogP contribution in [0.3, 0.4) is 0 Å². The Morgan fingerprint density at radius 2 is 1.63 bits per heavy atom. The molecule has 0 aliphatic carbocycles. The van der Waals surface area contributed by atoms with Crippen LogP contribution < -0.4 is 0 Å². The van der Waals surface area contributed by atoms with Gasteiger partial charge in [0.15, 0.2) is 4.90 Å². The minimum absolute atomic E-state index is 0.0552. The SMILES string of the molecule is O=C(/C=C/c1cc2ccccc2o1)N1CCN(S(=O)(=O)c2c(F)cccc2F)CC1. The first-order chi connectivity index (χ1) is 14.4. The van der Waals surface area contributed by atoms with Crippen molar-refractivity contribution < 1.29 is 26.4 Å². The van der Waals surface area contributed by atoms with Crippen LogP contribution in [0.4, 0.5) is 8.78 Å². The van der Waals surface area contributed by atoms with Crippen LogP contribution >= 0.6 is 0 Å². The highest BCUT2D eigenvalue weighted by molar-refractivity contribution is 7.89. The fourth-order valence-electron chi connectivity index (χ4n) is 3.35. The van der Waals surface area contributed by atoms with Crippen LogP contribution in [0, 0.1) is 11.6 Å². The maximum absolute atomic E-state index is 13.9. The lowest BCUT2D eigenvalue weighted by molar-refractivity contribution is -0.127. The second-order valence-corrected chi connectivity index (χ2v) is 8.67. The molecule has 1 aromatic heterocycles. The van der Waals surface area contributed by atoms with E-state index in [2.05, 4.69) is 0 Å². The Labute approximate surface area is 172 Å². The Morgan fingerprint density at radius 1 is 0.967 bits per heavy atom. The van der Waals surface area contributed by atoms with Crippen LogP contribution in [0.2, 0.25) is 0 Å². The topological polar surface area (TPSA) is 70.8 Å². The molecular weight excluding hydrogens is 414 g/mol. The largest absolute Gasteiger partial charge is 0.457 e. The number of hydrogen-bond acceptors (Lipinski definition) is 4. The fourth-order valence-corrected chi connectivity index (χ4v) is 4.88. The van der Waals surface area contributed by atoms with Gasteiger partial charge in [-0.1, -0.05) is 24.3 Å². The maximum Gasteiger partial charge on any atom is 0.249 e. The minimum Gasteiger partial charge on any atom is -0.457 e. The predicted molar refractivity (Wildman–Crippen MR) is 107 cm³/mol. The number of halogens is 2. The lowest BCUT2D eigenvalue weighted by atomic mass is 10.2. The second-order valence-electron chi connectivity index (χ2n) is 6.80. The van der Waals surface area contributed by atoms with Gasteiger partial charge in [0.25, 0.3) is 0 Å². The number of benzene rings is 2. The Kier molecular flexibility index (Phi) is 5.40. The average molecular weight is 432 g/mol. The van der Waals surface area contributed by atoms with E-state index in [1.54, 1.807) is 6.08 Å². The van der Waals surface area contributed by atoms with E-state index in [1.165, 1.54) is 11.0 Å². The van der Waals surface area contributed by atoms with E-state index < -0.39 is 26.6 Å². The number of piperazine rings is 1. The number of nitrogens with zero attached hydrogens (tertiary/aromatic N) is 2. The summed E-state index contributed by atoms with van der Waals surface area (Å²) in [5.74, 6) is -2.05. The molecule has 0 unspecified atom stereocenters. The highest BCUT2D eigenvalue weighted by Gasteiger charge is 2.33. The van der Waals surface area contributed by atoms with E-state index in [0.717, 1.165) is 27.9 Å². The van der Waals surface area contributed by atoms with Crippen LogP contribution in [0.15, 0.2) is 63.9 Å². The van der Waals surface area contributed by atoms with Crippen molar-refractivity contribution in [2.24, 2.45) is 0 Å². The summed E-state index contributed by atoms with van der Waals surface area (Å²) in [5, 5.41) is 0.920. The van der Waals surface area contributed by atoms with Gasteiger partial charge in [0.2, 0.25) is 15.9 Å². The molecule has 1 fully saturated rings. The van der Waals surface area contributed by atoms with Gasteiger partial charge in [0.1, 0.15) is 23.0 Å². The Morgan fingerprint density at radius 3 is 2.30 bits per heavy atom. The lowest BCUT2D eigenvalue weighted by Crippen LogP contribution is -2.50. The quantitative estimate of drug-likeness (QED) is 0.594. The molecule has 0 spiro atoms. The standard InChI is InChI=1S/C21H18F2N2O4S/c22-17-5-3-6-18(23)21(17)30(27,28)25-12-10-24(11-13-25)20(26)9-8-16-14-15-4-1-2-7-19(15)29-16/h1-9,14H,10-13H2/b9-8+. The molecule has 1 amide bonds. The van der Waals surface area contributed by atoms with Gasteiger partial charge in [-0.15, -0.1) is 0 Å². The summed E-state index contributed by atoms with van der Waals surface area (Å²) in [7, 11) is -4.33. The summed E-state index contributed by atoms with van der Waals surface area (Å²) in [6.45, 7) is 0.109. The molecule has 156 valence electrons. The molecule has 0 bridgehead atoms. The highest BCUT2D eigenvalue weighted by Crippen LogP contribution is 2.24. The van der Waals surface area contributed by atoms with Gasteiger partial charge >= 0.3 is 0 Å². The molecule has 9 heteroatoms. The number of hydrogen-bond donors (Lipinski definition) is 0. The van der Waals surface area contributed by atoms with Gasteiger partial charge in [-0.25, -0.2) is 17.2 Å². The summed E-state index contributed by atoms with van der Waals surface area (Å²) in [4.78, 5) is 12.9. The number of sulfonamides is 1. The molecule has 0 atom stereocenters. The second kappa shape index (κ2) is 8.00. The number of para-hydroxylation sites is 1. The van der Waals surface area contributed by atoms with Crippen LogP contribution in [0.1, 0.15) is 5.76 Å². The number of carbonyl (C=O) groups is 1. The highest BCUT2D eigenvalue weighted by atomic mass is 32.2. The Balaban J connectivity index is 1.42. The number of rotatable bonds is 4. The van der Waals surface area contributed by atoms with E-state index in [-0.39, 0.29) is 32.1 Å². The average Bonchev–Trinajstić information content (AvgIpc) is 3.15. The number of fused-ring (bicyclic) bond motifs is 1. The Bertz CT molecular complexity index is 1180.